The maximum Gasteiger partial charge on any atom is 0.220 e. The highest BCUT2D eigenvalue weighted by Gasteiger charge is 2.25. The molecule has 0 aromatic heterocycles. The molecule has 0 spiro atoms. The molecule has 0 aliphatic carbocycles. The Hall–Kier alpha value is -0.580. The zero-order chi connectivity index (χ0) is 16.9. The summed E-state index contributed by atoms with van der Waals surface area (Å²) in [5, 5.41) is 6.61. The van der Waals surface area contributed by atoms with Crippen LogP contribution >= 0.6 is 28.3 Å². The zero-order valence-electron chi connectivity index (χ0n) is 14.9. The molecule has 136 valence electrons. The summed E-state index contributed by atoms with van der Waals surface area (Å²) in [4.78, 5) is 12.4. The van der Waals surface area contributed by atoms with E-state index in [2.05, 4.69) is 59.5 Å². The van der Waals surface area contributed by atoms with Crippen molar-refractivity contribution in [1.82, 2.24) is 10.6 Å². The maximum absolute atomic E-state index is 12.4. The first kappa shape index (κ1) is 21.5. The van der Waals surface area contributed by atoms with E-state index in [1.54, 1.807) is 0 Å². The van der Waals surface area contributed by atoms with E-state index < -0.39 is 0 Å². The minimum absolute atomic E-state index is 0. The van der Waals surface area contributed by atoms with Crippen LogP contribution in [0.25, 0.3) is 0 Å². The third-order valence-corrected chi connectivity index (χ3v) is 5.26. The second-order valence-corrected chi connectivity index (χ2v) is 8.42. The first-order valence-electron chi connectivity index (χ1n) is 8.62. The van der Waals surface area contributed by atoms with E-state index in [4.69, 9.17) is 0 Å². The molecule has 1 atom stereocenters. The lowest BCUT2D eigenvalue weighted by Crippen LogP contribution is -2.46. The topological polar surface area (TPSA) is 41.1 Å². The lowest BCUT2D eigenvalue weighted by atomic mass is 9.83. The van der Waals surface area contributed by atoms with Crippen LogP contribution in [0.1, 0.15) is 45.6 Å². The predicted molar refractivity (Wildman–Crippen MR) is 107 cm³/mol. The van der Waals surface area contributed by atoms with Gasteiger partial charge in [-0.1, -0.05) is 35.0 Å². The molecule has 24 heavy (non-hydrogen) atoms. The summed E-state index contributed by atoms with van der Waals surface area (Å²) in [5.41, 5.74) is 1.02. The van der Waals surface area contributed by atoms with Gasteiger partial charge in [0.15, 0.2) is 0 Å². The standard InChI is InChI=1S/C19H29BrN2O.ClH/c1-14(16-8-10-21-11-9-16)12-18(23)22-19(2,3)13-15-4-6-17(20)7-5-15;/h4-7,14,16,21H,8-13H2,1-3H3,(H,22,23);1H. The molecule has 0 bridgehead atoms. The number of rotatable bonds is 6. The van der Waals surface area contributed by atoms with Crippen molar-refractivity contribution in [3.8, 4) is 0 Å². The van der Waals surface area contributed by atoms with Crippen LogP contribution in [0.3, 0.4) is 0 Å². The highest BCUT2D eigenvalue weighted by Crippen LogP contribution is 2.24. The number of benzene rings is 1. The van der Waals surface area contributed by atoms with E-state index in [-0.39, 0.29) is 23.9 Å². The van der Waals surface area contributed by atoms with E-state index in [0.29, 0.717) is 18.3 Å². The van der Waals surface area contributed by atoms with E-state index in [1.165, 1.54) is 18.4 Å². The highest BCUT2D eigenvalue weighted by atomic mass is 79.9. The van der Waals surface area contributed by atoms with Crippen molar-refractivity contribution < 1.29 is 4.79 Å². The molecule has 3 nitrogen and oxygen atoms in total. The average molecular weight is 418 g/mol. The van der Waals surface area contributed by atoms with Gasteiger partial charge in [-0.05, 0) is 75.7 Å². The van der Waals surface area contributed by atoms with Crippen molar-refractivity contribution in [3.63, 3.8) is 0 Å². The number of carbonyl (C=O) groups excluding carboxylic acids is 1. The molecule has 2 rings (SSSR count). The highest BCUT2D eigenvalue weighted by molar-refractivity contribution is 9.10. The van der Waals surface area contributed by atoms with Crippen LogP contribution in [-0.4, -0.2) is 24.5 Å². The van der Waals surface area contributed by atoms with E-state index in [0.717, 1.165) is 24.0 Å². The van der Waals surface area contributed by atoms with Crippen LogP contribution in [0, 0.1) is 11.8 Å². The molecule has 1 aromatic carbocycles. The molecule has 1 aliphatic heterocycles. The lowest BCUT2D eigenvalue weighted by molar-refractivity contribution is -0.123. The summed E-state index contributed by atoms with van der Waals surface area (Å²) in [6.45, 7) is 8.60. The normalized spacial score (nSPS) is 17.0. The molecule has 1 amide bonds. The van der Waals surface area contributed by atoms with Gasteiger partial charge < -0.3 is 10.6 Å². The quantitative estimate of drug-likeness (QED) is 0.723. The van der Waals surface area contributed by atoms with Gasteiger partial charge in [0.2, 0.25) is 5.91 Å². The number of hydrogen-bond donors (Lipinski definition) is 2. The van der Waals surface area contributed by atoms with Crippen molar-refractivity contribution in [2.24, 2.45) is 11.8 Å². The van der Waals surface area contributed by atoms with Crippen molar-refractivity contribution >= 4 is 34.2 Å². The molecule has 0 radical (unpaired) electrons. The summed E-state index contributed by atoms with van der Waals surface area (Å²) in [7, 11) is 0. The fraction of sp³-hybridized carbons (Fsp3) is 0.632. The molecule has 0 saturated carbocycles. The van der Waals surface area contributed by atoms with E-state index in [1.807, 2.05) is 12.1 Å². The van der Waals surface area contributed by atoms with Gasteiger partial charge in [0.05, 0.1) is 0 Å². The third kappa shape index (κ3) is 7.12. The van der Waals surface area contributed by atoms with Crippen molar-refractivity contribution in [1.29, 1.82) is 0 Å². The molecule has 2 N–H and O–H groups in total. The van der Waals surface area contributed by atoms with Crippen LogP contribution in [0.4, 0.5) is 0 Å². The number of halogens is 2. The Balaban J connectivity index is 0.00000288. The largest absolute Gasteiger partial charge is 0.351 e. The summed E-state index contributed by atoms with van der Waals surface area (Å²) in [6, 6.07) is 8.31. The van der Waals surface area contributed by atoms with Gasteiger partial charge in [0.1, 0.15) is 0 Å². The van der Waals surface area contributed by atoms with Gasteiger partial charge in [-0.15, -0.1) is 12.4 Å². The molecule has 1 fully saturated rings. The Bertz CT molecular complexity index is 513. The number of hydrogen-bond acceptors (Lipinski definition) is 2. The molecule has 1 saturated heterocycles. The first-order chi connectivity index (χ1) is 10.9. The summed E-state index contributed by atoms with van der Waals surface area (Å²) >= 11 is 3.46. The molecule has 1 heterocycles. The minimum atomic E-state index is -0.223. The summed E-state index contributed by atoms with van der Waals surface area (Å²) in [5.74, 6) is 1.32. The maximum atomic E-state index is 12.4. The summed E-state index contributed by atoms with van der Waals surface area (Å²) < 4.78 is 1.08. The number of piperidine rings is 1. The smallest absolute Gasteiger partial charge is 0.220 e. The van der Waals surface area contributed by atoms with Gasteiger partial charge >= 0.3 is 0 Å². The SMILES string of the molecule is CC(CC(=O)NC(C)(C)Cc1ccc(Br)cc1)C1CCNCC1.Cl. The van der Waals surface area contributed by atoms with Crippen LogP contribution < -0.4 is 10.6 Å². The predicted octanol–water partition coefficient (Wildman–Crippen LogP) is 4.33. The minimum Gasteiger partial charge on any atom is -0.351 e. The van der Waals surface area contributed by atoms with Gasteiger partial charge in [0.25, 0.3) is 0 Å². The second kappa shape index (κ2) is 9.79. The number of carbonyl (C=O) groups is 1. The van der Waals surface area contributed by atoms with Gasteiger partial charge in [-0.3, -0.25) is 4.79 Å². The van der Waals surface area contributed by atoms with Crippen molar-refractivity contribution in [3.05, 3.63) is 34.3 Å². The Kier molecular flexibility index (Phi) is 8.75. The Morgan fingerprint density at radius 2 is 1.88 bits per heavy atom. The molecular formula is C19H30BrClN2O. The van der Waals surface area contributed by atoms with Crippen LogP contribution in [-0.2, 0) is 11.2 Å². The molecule has 1 unspecified atom stereocenters. The van der Waals surface area contributed by atoms with Gasteiger partial charge in [-0.25, -0.2) is 0 Å². The number of amides is 1. The number of nitrogens with one attached hydrogen (secondary N) is 2. The second-order valence-electron chi connectivity index (χ2n) is 7.50. The molecule has 1 aromatic rings. The Morgan fingerprint density at radius 3 is 2.46 bits per heavy atom. The first-order valence-corrected chi connectivity index (χ1v) is 9.41. The van der Waals surface area contributed by atoms with Crippen LogP contribution in [0.15, 0.2) is 28.7 Å². The van der Waals surface area contributed by atoms with E-state index in [9.17, 15) is 4.79 Å². The molecule has 5 heteroatoms. The average Bonchev–Trinajstić information content (AvgIpc) is 2.49. The van der Waals surface area contributed by atoms with Crippen molar-refractivity contribution in [2.45, 2.75) is 52.0 Å². The fourth-order valence-electron chi connectivity index (χ4n) is 3.46. The van der Waals surface area contributed by atoms with Gasteiger partial charge in [-0.2, -0.15) is 0 Å². The van der Waals surface area contributed by atoms with Crippen LogP contribution in [0.5, 0.6) is 0 Å². The van der Waals surface area contributed by atoms with Crippen molar-refractivity contribution in [2.75, 3.05) is 13.1 Å². The van der Waals surface area contributed by atoms with Crippen LogP contribution in [0.2, 0.25) is 0 Å². The third-order valence-electron chi connectivity index (χ3n) is 4.73. The Morgan fingerprint density at radius 1 is 1.29 bits per heavy atom. The fourth-order valence-corrected chi connectivity index (χ4v) is 3.72. The Labute approximate surface area is 160 Å². The zero-order valence-corrected chi connectivity index (χ0v) is 17.3. The molecular weight excluding hydrogens is 388 g/mol. The monoisotopic (exact) mass is 416 g/mol. The lowest BCUT2D eigenvalue weighted by Gasteiger charge is -2.30. The van der Waals surface area contributed by atoms with Gasteiger partial charge in [0, 0.05) is 16.4 Å². The molecule has 1 aliphatic rings. The summed E-state index contributed by atoms with van der Waals surface area (Å²) in [6.07, 6.45) is 3.86. The van der Waals surface area contributed by atoms with E-state index >= 15 is 0 Å².